The number of oxazole rings is 1. The van der Waals surface area contributed by atoms with E-state index in [2.05, 4.69) is 10.3 Å². The van der Waals surface area contributed by atoms with Crippen molar-refractivity contribution in [2.45, 2.75) is 11.6 Å². The van der Waals surface area contributed by atoms with E-state index in [9.17, 15) is 4.21 Å². The summed E-state index contributed by atoms with van der Waals surface area (Å²) in [4.78, 5) is 4.27. The van der Waals surface area contributed by atoms with Gasteiger partial charge in [-0.25, -0.2) is 9.19 Å². The Kier molecular flexibility index (Phi) is 2.94. The number of benzene rings is 1. The number of rotatable bonds is 3. The van der Waals surface area contributed by atoms with Crippen molar-refractivity contribution in [1.82, 2.24) is 10.3 Å². The molecule has 1 fully saturated rings. The highest BCUT2D eigenvalue weighted by atomic mass is 32.2. The molecule has 1 aromatic heterocycles. The Morgan fingerprint density at radius 3 is 3.12 bits per heavy atom. The molecule has 0 unspecified atom stereocenters. The van der Waals surface area contributed by atoms with E-state index < -0.39 is 10.8 Å². The predicted molar refractivity (Wildman–Crippen MR) is 66.3 cm³/mol. The van der Waals surface area contributed by atoms with Crippen molar-refractivity contribution < 1.29 is 8.63 Å². The molecule has 90 valence electrons. The zero-order valence-electron chi connectivity index (χ0n) is 9.39. The minimum absolute atomic E-state index is 0.359. The third-order valence-corrected chi connectivity index (χ3v) is 4.36. The van der Waals surface area contributed by atoms with Crippen LogP contribution < -0.4 is 5.32 Å². The van der Waals surface area contributed by atoms with Crippen molar-refractivity contribution in [2.24, 2.45) is 5.92 Å². The van der Waals surface area contributed by atoms with Crippen molar-refractivity contribution in [3.8, 4) is 0 Å². The molecule has 1 aliphatic heterocycles. The van der Waals surface area contributed by atoms with E-state index in [1.54, 1.807) is 0 Å². The number of fused-ring (bicyclic) bond motifs is 1. The van der Waals surface area contributed by atoms with Crippen molar-refractivity contribution in [3.63, 3.8) is 0 Å². The molecule has 4 nitrogen and oxygen atoms in total. The second-order valence-electron chi connectivity index (χ2n) is 4.32. The summed E-state index contributed by atoms with van der Waals surface area (Å²) in [5, 5.41) is 3.63. The van der Waals surface area contributed by atoms with Crippen LogP contribution in [0.1, 0.15) is 6.42 Å². The van der Waals surface area contributed by atoms with Gasteiger partial charge in [-0.2, -0.15) is 0 Å². The summed E-state index contributed by atoms with van der Waals surface area (Å²) < 4.78 is 17.6. The van der Waals surface area contributed by atoms with Crippen LogP contribution in [0.2, 0.25) is 0 Å². The van der Waals surface area contributed by atoms with Crippen molar-refractivity contribution in [3.05, 3.63) is 24.3 Å². The maximum atomic E-state index is 12.1. The van der Waals surface area contributed by atoms with Crippen LogP contribution in [0.15, 0.2) is 33.9 Å². The van der Waals surface area contributed by atoms with Crippen LogP contribution in [-0.4, -0.2) is 28.0 Å². The Bertz CT molecular complexity index is 513. The topological polar surface area (TPSA) is 55.1 Å². The Hall–Kier alpha value is -1.20. The Morgan fingerprint density at radius 2 is 2.35 bits per heavy atom. The van der Waals surface area contributed by atoms with Crippen LogP contribution in [0.4, 0.5) is 0 Å². The molecule has 1 aliphatic rings. The molecule has 0 spiro atoms. The van der Waals surface area contributed by atoms with Crippen molar-refractivity contribution >= 4 is 21.9 Å². The summed E-state index contributed by atoms with van der Waals surface area (Å²) in [5.74, 6) is 1.12. The molecule has 0 saturated carbocycles. The molecule has 0 radical (unpaired) electrons. The van der Waals surface area contributed by atoms with Gasteiger partial charge < -0.3 is 9.73 Å². The number of aromatic nitrogens is 1. The molecule has 5 heteroatoms. The fourth-order valence-corrected chi connectivity index (χ4v) is 3.33. The largest absolute Gasteiger partial charge is 0.430 e. The molecular weight excluding hydrogens is 236 g/mol. The fourth-order valence-electron chi connectivity index (χ4n) is 2.09. The van der Waals surface area contributed by atoms with Gasteiger partial charge in [0.15, 0.2) is 5.58 Å². The van der Waals surface area contributed by atoms with Gasteiger partial charge in [0.2, 0.25) is 0 Å². The SMILES string of the molecule is O=[S@@](C[C@@H]1CCNC1)c1nc2ccccc2o1. The average molecular weight is 250 g/mol. The molecule has 1 N–H and O–H groups in total. The highest BCUT2D eigenvalue weighted by Crippen LogP contribution is 2.19. The van der Waals surface area contributed by atoms with Gasteiger partial charge in [-0.3, -0.25) is 0 Å². The molecule has 2 heterocycles. The molecule has 0 bridgehead atoms. The van der Waals surface area contributed by atoms with Gasteiger partial charge in [0, 0.05) is 5.75 Å². The summed E-state index contributed by atoms with van der Waals surface area (Å²) in [6, 6.07) is 7.51. The molecule has 1 saturated heterocycles. The Morgan fingerprint density at radius 1 is 1.47 bits per heavy atom. The van der Waals surface area contributed by atoms with E-state index >= 15 is 0 Å². The van der Waals surface area contributed by atoms with E-state index in [4.69, 9.17) is 4.42 Å². The molecule has 2 atom stereocenters. The van der Waals surface area contributed by atoms with Crippen LogP contribution in [-0.2, 0) is 10.8 Å². The molecular formula is C12H14N2O2S. The third kappa shape index (κ3) is 2.25. The summed E-state index contributed by atoms with van der Waals surface area (Å²) in [7, 11) is -1.12. The van der Waals surface area contributed by atoms with E-state index in [0.29, 0.717) is 22.5 Å². The summed E-state index contributed by atoms with van der Waals surface area (Å²) >= 11 is 0. The third-order valence-electron chi connectivity index (χ3n) is 3.02. The second-order valence-corrected chi connectivity index (χ2v) is 5.69. The maximum Gasteiger partial charge on any atom is 0.287 e. The standard InChI is InChI=1S/C12H14N2O2S/c15-17(8-9-5-6-13-7-9)12-14-10-3-1-2-4-11(10)16-12/h1-4,9,13H,5-8H2/t9-,17+/m1/s1. The van der Waals surface area contributed by atoms with E-state index in [1.807, 2.05) is 24.3 Å². The van der Waals surface area contributed by atoms with Gasteiger partial charge in [-0.15, -0.1) is 0 Å². The molecule has 0 amide bonds. The number of para-hydroxylation sites is 2. The Balaban J connectivity index is 1.80. The lowest BCUT2D eigenvalue weighted by atomic mass is 10.2. The lowest BCUT2D eigenvalue weighted by Crippen LogP contribution is -2.15. The smallest absolute Gasteiger partial charge is 0.287 e. The first kappa shape index (κ1) is 10.9. The van der Waals surface area contributed by atoms with Gasteiger partial charge in [-0.05, 0) is 37.6 Å². The minimum Gasteiger partial charge on any atom is -0.430 e. The van der Waals surface area contributed by atoms with Crippen LogP contribution in [0, 0.1) is 5.92 Å². The Labute approximate surface area is 102 Å². The summed E-state index contributed by atoms with van der Waals surface area (Å²) in [5.41, 5.74) is 1.49. The number of nitrogens with one attached hydrogen (secondary N) is 1. The summed E-state index contributed by atoms with van der Waals surface area (Å²) in [6.07, 6.45) is 1.09. The van der Waals surface area contributed by atoms with E-state index in [-0.39, 0.29) is 0 Å². The lowest BCUT2D eigenvalue weighted by Gasteiger charge is -2.04. The fraction of sp³-hybridized carbons (Fsp3) is 0.417. The van der Waals surface area contributed by atoms with Gasteiger partial charge >= 0.3 is 0 Å². The molecule has 1 aromatic carbocycles. The predicted octanol–water partition coefficient (Wildman–Crippen LogP) is 1.54. The van der Waals surface area contributed by atoms with Gasteiger partial charge in [0.05, 0.1) is 0 Å². The van der Waals surface area contributed by atoms with Crippen LogP contribution >= 0.6 is 0 Å². The molecule has 0 aliphatic carbocycles. The zero-order valence-corrected chi connectivity index (χ0v) is 10.2. The lowest BCUT2D eigenvalue weighted by molar-refractivity contribution is 0.475. The first-order chi connectivity index (χ1) is 8.33. The number of nitrogens with zero attached hydrogens (tertiary/aromatic N) is 1. The number of hydrogen-bond donors (Lipinski definition) is 1. The molecule has 17 heavy (non-hydrogen) atoms. The van der Waals surface area contributed by atoms with E-state index in [1.165, 1.54) is 0 Å². The maximum absolute atomic E-state index is 12.1. The summed E-state index contributed by atoms with van der Waals surface area (Å²) in [6.45, 7) is 1.97. The zero-order chi connectivity index (χ0) is 11.7. The minimum atomic E-state index is -1.12. The van der Waals surface area contributed by atoms with Crippen molar-refractivity contribution in [1.29, 1.82) is 0 Å². The molecule has 3 rings (SSSR count). The van der Waals surface area contributed by atoms with Gasteiger partial charge in [-0.1, -0.05) is 12.1 Å². The normalized spacial score (nSPS) is 22.0. The van der Waals surface area contributed by atoms with Crippen molar-refractivity contribution in [2.75, 3.05) is 18.8 Å². The van der Waals surface area contributed by atoms with Gasteiger partial charge in [0.25, 0.3) is 5.22 Å². The highest BCUT2D eigenvalue weighted by molar-refractivity contribution is 7.84. The monoisotopic (exact) mass is 250 g/mol. The average Bonchev–Trinajstić information content (AvgIpc) is 2.96. The van der Waals surface area contributed by atoms with Crippen LogP contribution in [0.25, 0.3) is 11.1 Å². The number of hydrogen-bond acceptors (Lipinski definition) is 4. The van der Waals surface area contributed by atoms with Crippen LogP contribution in [0.5, 0.6) is 0 Å². The van der Waals surface area contributed by atoms with Gasteiger partial charge in [0.1, 0.15) is 16.3 Å². The van der Waals surface area contributed by atoms with Crippen LogP contribution in [0.3, 0.4) is 0 Å². The highest BCUT2D eigenvalue weighted by Gasteiger charge is 2.21. The van der Waals surface area contributed by atoms with E-state index in [0.717, 1.165) is 25.0 Å². The second kappa shape index (κ2) is 4.58. The quantitative estimate of drug-likeness (QED) is 0.898. The first-order valence-electron chi connectivity index (χ1n) is 5.77. The molecule has 2 aromatic rings. The first-order valence-corrected chi connectivity index (χ1v) is 7.09.